The van der Waals surface area contributed by atoms with E-state index in [1.54, 1.807) is 17.4 Å². The van der Waals surface area contributed by atoms with Gasteiger partial charge in [-0.15, -0.1) is 0 Å². The van der Waals surface area contributed by atoms with Crippen LogP contribution in [0.5, 0.6) is 0 Å². The molecule has 2 aliphatic rings. The second-order valence-electron chi connectivity index (χ2n) is 6.53. The standard InChI is InChI=1S/C16H21F2N3O/c1-11-8-12(10-19-9-11)13-4-7-20-6-3-5-16(2,14(17)18)15(22)21(13)20/h8-10,13-14H,3-7H2,1-2H3. The number of hydrazine groups is 1. The van der Waals surface area contributed by atoms with Gasteiger partial charge < -0.3 is 0 Å². The molecule has 2 saturated heterocycles. The first-order chi connectivity index (χ1) is 10.4. The fourth-order valence-corrected chi connectivity index (χ4v) is 3.46. The van der Waals surface area contributed by atoms with E-state index in [-0.39, 0.29) is 12.5 Å². The Balaban J connectivity index is 1.97. The largest absolute Gasteiger partial charge is 0.273 e. The molecule has 0 spiro atoms. The highest BCUT2D eigenvalue weighted by Gasteiger charge is 2.51. The van der Waals surface area contributed by atoms with Crippen LogP contribution in [0.2, 0.25) is 0 Å². The molecule has 2 aliphatic heterocycles. The molecule has 2 fully saturated rings. The molecule has 2 unspecified atom stereocenters. The number of aromatic nitrogens is 1. The van der Waals surface area contributed by atoms with Gasteiger partial charge in [0.05, 0.1) is 6.04 Å². The van der Waals surface area contributed by atoms with Crippen LogP contribution in [0.1, 0.15) is 43.4 Å². The minimum absolute atomic E-state index is 0.184. The van der Waals surface area contributed by atoms with Crippen molar-refractivity contribution in [1.82, 2.24) is 15.0 Å². The van der Waals surface area contributed by atoms with Crippen LogP contribution in [0, 0.1) is 12.3 Å². The Morgan fingerprint density at radius 2 is 2.14 bits per heavy atom. The number of alkyl halides is 2. The van der Waals surface area contributed by atoms with Crippen molar-refractivity contribution in [2.75, 3.05) is 13.1 Å². The summed E-state index contributed by atoms with van der Waals surface area (Å²) in [5.74, 6) is -0.455. The maximum absolute atomic E-state index is 13.5. The predicted octanol–water partition coefficient (Wildman–Crippen LogP) is 2.95. The van der Waals surface area contributed by atoms with Crippen LogP contribution in [0.3, 0.4) is 0 Å². The SMILES string of the molecule is Cc1cncc(C2CCN3CCCC(C)(C(F)F)C(=O)N23)c1. The van der Waals surface area contributed by atoms with Gasteiger partial charge in [-0.3, -0.25) is 14.8 Å². The molecule has 0 radical (unpaired) electrons. The highest BCUT2D eigenvalue weighted by atomic mass is 19.3. The smallest absolute Gasteiger partial charge is 0.252 e. The van der Waals surface area contributed by atoms with E-state index in [1.807, 2.05) is 18.0 Å². The van der Waals surface area contributed by atoms with E-state index < -0.39 is 17.7 Å². The van der Waals surface area contributed by atoms with Gasteiger partial charge in [-0.2, -0.15) is 0 Å². The Kier molecular flexibility index (Phi) is 3.89. The molecule has 22 heavy (non-hydrogen) atoms. The number of pyridine rings is 1. The van der Waals surface area contributed by atoms with Gasteiger partial charge in [-0.25, -0.2) is 13.8 Å². The summed E-state index contributed by atoms with van der Waals surface area (Å²) < 4.78 is 27.0. The Labute approximate surface area is 129 Å². The molecule has 0 saturated carbocycles. The van der Waals surface area contributed by atoms with Crippen molar-refractivity contribution in [3.8, 4) is 0 Å². The average molecular weight is 309 g/mol. The van der Waals surface area contributed by atoms with Gasteiger partial charge >= 0.3 is 0 Å². The molecule has 6 heteroatoms. The van der Waals surface area contributed by atoms with Crippen LogP contribution >= 0.6 is 0 Å². The summed E-state index contributed by atoms with van der Waals surface area (Å²) in [6.07, 6.45) is 2.45. The fourth-order valence-electron chi connectivity index (χ4n) is 3.46. The monoisotopic (exact) mass is 309 g/mol. The molecule has 1 aromatic heterocycles. The first-order valence-corrected chi connectivity index (χ1v) is 7.72. The first kappa shape index (κ1) is 15.3. The van der Waals surface area contributed by atoms with Crippen molar-refractivity contribution in [2.45, 2.75) is 45.6 Å². The molecule has 2 atom stereocenters. The van der Waals surface area contributed by atoms with E-state index in [2.05, 4.69) is 4.98 Å². The van der Waals surface area contributed by atoms with Crippen LogP contribution in [0.25, 0.3) is 0 Å². The highest BCUT2D eigenvalue weighted by molar-refractivity contribution is 5.83. The second kappa shape index (κ2) is 5.57. The Hall–Kier alpha value is -1.56. The molecular weight excluding hydrogens is 288 g/mol. The van der Waals surface area contributed by atoms with Gasteiger partial charge in [-0.1, -0.05) is 6.07 Å². The quantitative estimate of drug-likeness (QED) is 0.843. The lowest BCUT2D eigenvalue weighted by molar-refractivity contribution is -0.164. The number of aryl methyl sites for hydroxylation is 1. The highest BCUT2D eigenvalue weighted by Crippen LogP contribution is 2.42. The number of fused-ring (bicyclic) bond motifs is 1. The summed E-state index contributed by atoms with van der Waals surface area (Å²) in [5.41, 5.74) is 0.346. The summed E-state index contributed by atoms with van der Waals surface area (Å²) in [7, 11) is 0. The summed E-state index contributed by atoms with van der Waals surface area (Å²) in [6, 6.07) is 1.80. The zero-order valence-corrected chi connectivity index (χ0v) is 12.9. The van der Waals surface area contributed by atoms with E-state index in [9.17, 15) is 13.6 Å². The summed E-state index contributed by atoms with van der Waals surface area (Å²) in [5, 5.41) is 3.51. The van der Waals surface area contributed by atoms with Gasteiger partial charge in [0.25, 0.3) is 6.43 Å². The lowest BCUT2D eigenvalue weighted by atomic mass is 9.84. The number of hydrogen-bond acceptors (Lipinski definition) is 3. The van der Waals surface area contributed by atoms with Gasteiger partial charge in [0, 0.05) is 25.5 Å². The van der Waals surface area contributed by atoms with Crippen molar-refractivity contribution >= 4 is 5.91 Å². The third-order valence-electron chi connectivity index (χ3n) is 4.83. The summed E-state index contributed by atoms with van der Waals surface area (Å²) in [4.78, 5) is 17.0. The molecule has 1 amide bonds. The maximum Gasteiger partial charge on any atom is 0.252 e. The fraction of sp³-hybridized carbons (Fsp3) is 0.625. The van der Waals surface area contributed by atoms with Crippen molar-refractivity contribution in [3.63, 3.8) is 0 Å². The van der Waals surface area contributed by atoms with E-state index in [4.69, 9.17) is 0 Å². The zero-order chi connectivity index (χ0) is 15.9. The van der Waals surface area contributed by atoms with Crippen molar-refractivity contribution in [1.29, 1.82) is 0 Å². The molecule has 3 heterocycles. The Bertz CT molecular complexity index is 580. The van der Waals surface area contributed by atoms with Crippen LogP contribution in [-0.4, -0.2) is 40.4 Å². The molecule has 3 rings (SSSR count). The molecule has 0 bridgehead atoms. The number of carbonyl (C=O) groups excluding carboxylic acids is 1. The second-order valence-corrected chi connectivity index (χ2v) is 6.53. The van der Waals surface area contributed by atoms with Crippen LogP contribution in [0.15, 0.2) is 18.5 Å². The topological polar surface area (TPSA) is 36.4 Å². The third-order valence-corrected chi connectivity index (χ3v) is 4.83. The van der Waals surface area contributed by atoms with Crippen molar-refractivity contribution in [2.24, 2.45) is 5.41 Å². The Morgan fingerprint density at radius 3 is 2.82 bits per heavy atom. The minimum atomic E-state index is -2.64. The van der Waals surface area contributed by atoms with Crippen molar-refractivity contribution in [3.05, 3.63) is 29.6 Å². The van der Waals surface area contributed by atoms with Gasteiger partial charge in [0.15, 0.2) is 0 Å². The molecular formula is C16H21F2N3O. The normalized spacial score (nSPS) is 29.8. The number of rotatable bonds is 2. The number of amides is 1. The van der Waals surface area contributed by atoms with Crippen molar-refractivity contribution < 1.29 is 13.6 Å². The van der Waals surface area contributed by atoms with Crippen LogP contribution in [-0.2, 0) is 4.79 Å². The van der Waals surface area contributed by atoms with Crippen LogP contribution < -0.4 is 0 Å². The molecule has 0 N–H and O–H groups in total. The van der Waals surface area contributed by atoms with E-state index in [0.29, 0.717) is 13.0 Å². The molecule has 0 aliphatic carbocycles. The number of halogens is 2. The van der Waals surface area contributed by atoms with Gasteiger partial charge in [-0.05, 0) is 44.2 Å². The third kappa shape index (κ3) is 2.39. The lowest BCUT2D eigenvalue weighted by Crippen LogP contribution is -2.49. The van der Waals surface area contributed by atoms with Crippen LogP contribution in [0.4, 0.5) is 8.78 Å². The number of nitrogens with zero attached hydrogens (tertiary/aromatic N) is 3. The lowest BCUT2D eigenvalue weighted by Gasteiger charge is -2.36. The summed E-state index contributed by atoms with van der Waals surface area (Å²) >= 11 is 0. The molecule has 1 aromatic rings. The van der Waals surface area contributed by atoms with Gasteiger partial charge in [0.2, 0.25) is 5.91 Å². The summed E-state index contributed by atoms with van der Waals surface area (Å²) in [6.45, 7) is 4.72. The molecule has 0 aromatic carbocycles. The number of hydrogen-bond donors (Lipinski definition) is 0. The first-order valence-electron chi connectivity index (χ1n) is 7.72. The van der Waals surface area contributed by atoms with Gasteiger partial charge in [0.1, 0.15) is 5.41 Å². The Morgan fingerprint density at radius 1 is 1.36 bits per heavy atom. The zero-order valence-electron chi connectivity index (χ0n) is 12.9. The minimum Gasteiger partial charge on any atom is -0.273 e. The van der Waals surface area contributed by atoms with E-state index >= 15 is 0 Å². The molecule has 4 nitrogen and oxygen atoms in total. The van der Waals surface area contributed by atoms with E-state index in [1.165, 1.54) is 6.92 Å². The van der Waals surface area contributed by atoms with E-state index in [0.717, 1.165) is 24.1 Å². The number of carbonyl (C=O) groups is 1. The maximum atomic E-state index is 13.5. The average Bonchev–Trinajstić information content (AvgIpc) is 2.84. The molecule has 120 valence electrons. The predicted molar refractivity (Wildman–Crippen MR) is 78.1 cm³/mol.